The lowest BCUT2D eigenvalue weighted by Crippen LogP contribution is -2.33. The quantitative estimate of drug-likeness (QED) is 0.800. The molecule has 2 radical (unpaired) electrons. The van der Waals surface area contributed by atoms with Gasteiger partial charge in [-0.25, -0.2) is 9.97 Å². The Labute approximate surface area is 119 Å². The third-order valence-corrected chi connectivity index (χ3v) is 3.14. The summed E-state index contributed by atoms with van der Waals surface area (Å²) in [6.45, 7) is 2.53. The topological polar surface area (TPSA) is 59.1 Å². The second-order valence-electron chi connectivity index (χ2n) is 4.65. The van der Waals surface area contributed by atoms with Crippen LogP contribution in [-0.2, 0) is 4.74 Å². The van der Waals surface area contributed by atoms with E-state index in [2.05, 4.69) is 32.7 Å². The first-order valence-electron chi connectivity index (χ1n) is 6.58. The average molecular weight is 266 g/mol. The van der Waals surface area contributed by atoms with Crippen LogP contribution < -0.4 is 16.1 Å². The highest BCUT2D eigenvalue weighted by Crippen LogP contribution is 2.21. The number of nitrogens with one attached hydrogen (secondary N) is 2. The van der Waals surface area contributed by atoms with E-state index in [-0.39, 0.29) is 6.10 Å². The molecular weight excluding hydrogens is 251 g/mol. The summed E-state index contributed by atoms with van der Waals surface area (Å²) in [6, 6.07) is 8.09. The van der Waals surface area contributed by atoms with Gasteiger partial charge >= 0.3 is 0 Å². The zero-order valence-electron chi connectivity index (χ0n) is 11.0. The van der Waals surface area contributed by atoms with Gasteiger partial charge in [0.15, 0.2) is 0 Å². The molecule has 0 amide bonds. The molecule has 2 heterocycles. The molecule has 6 heteroatoms. The van der Waals surface area contributed by atoms with Crippen molar-refractivity contribution >= 4 is 24.9 Å². The van der Waals surface area contributed by atoms with Crippen molar-refractivity contribution in [3.8, 4) is 0 Å². The SMILES string of the molecule is [B]c1cnc(Nc2ccc([C@@H]3CNCCO3)cc2)nc1. The van der Waals surface area contributed by atoms with Crippen LogP contribution in [0.1, 0.15) is 11.7 Å². The number of hydrogen-bond acceptors (Lipinski definition) is 5. The highest BCUT2D eigenvalue weighted by molar-refractivity contribution is 6.31. The summed E-state index contributed by atoms with van der Waals surface area (Å²) in [4.78, 5) is 8.21. The molecule has 1 saturated heterocycles. The normalized spacial score (nSPS) is 18.7. The monoisotopic (exact) mass is 266 g/mol. The van der Waals surface area contributed by atoms with Crippen molar-refractivity contribution in [2.24, 2.45) is 0 Å². The van der Waals surface area contributed by atoms with Crippen LogP contribution >= 0.6 is 0 Å². The standard InChI is InChI=1S/C14H15BN4O/c15-11-7-17-14(18-8-11)19-12-3-1-10(2-4-12)13-9-16-5-6-20-13/h1-4,7-8,13,16H,5-6,9H2,(H,17,18,19)/t13-/m0/s1. The summed E-state index contributed by atoms with van der Waals surface area (Å²) in [5.74, 6) is 0.530. The lowest BCUT2D eigenvalue weighted by atomic mass is 10.0. The van der Waals surface area contributed by atoms with E-state index in [1.54, 1.807) is 12.4 Å². The summed E-state index contributed by atoms with van der Waals surface area (Å²) in [7, 11) is 5.55. The fourth-order valence-corrected chi connectivity index (χ4v) is 2.09. The van der Waals surface area contributed by atoms with Crippen LogP contribution in [0.2, 0.25) is 0 Å². The minimum Gasteiger partial charge on any atom is -0.371 e. The van der Waals surface area contributed by atoms with Gasteiger partial charge in [0, 0.05) is 31.2 Å². The van der Waals surface area contributed by atoms with Crippen LogP contribution in [0.4, 0.5) is 11.6 Å². The van der Waals surface area contributed by atoms with Gasteiger partial charge in [0.2, 0.25) is 5.95 Å². The third-order valence-electron chi connectivity index (χ3n) is 3.14. The first kappa shape index (κ1) is 13.1. The summed E-state index contributed by atoms with van der Waals surface area (Å²) < 4.78 is 5.71. The molecule has 100 valence electrons. The number of rotatable bonds is 3. The second kappa shape index (κ2) is 6.03. The molecule has 0 bridgehead atoms. The highest BCUT2D eigenvalue weighted by atomic mass is 16.5. The fourth-order valence-electron chi connectivity index (χ4n) is 2.09. The number of morpholine rings is 1. The minimum absolute atomic E-state index is 0.130. The van der Waals surface area contributed by atoms with Crippen molar-refractivity contribution in [3.05, 3.63) is 42.2 Å². The summed E-state index contributed by atoms with van der Waals surface area (Å²) in [5, 5.41) is 6.45. The summed E-state index contributed by atoms with van der Waals surface area (Å²) in [5.41, 5.74) is 2.65. The van der Waals surface area contributed by atoms with E-state index in [1.807, 2.05) is 12.1 Å². The Hall–Kier alpha value is -1.92. The van der Waals surface area contributed by atoms with Gasteiger partial charge in [0.05, 0.1) is 12.7 Å². The van der Waals surface area contributed by atoms with Crippen molar-refractivity contribution in [1.82, 2.24) is 15.3 Å². The minimum atomic E-state index is 0.130. The van der Waals surface area contributed by atoms with Crippen LogP contribution in [0, 0.1) is 0 Å². The number of hydrogen-bond donors (Lipinski definition) is 2. The molecule has 0 unspecified atom stereocenters. The molecule has 0 spiro atoms. The van der Waals surface area contributed by atoms with Gasteiger partial charge in [-0.2, -0.15) is 0 Å². The average Bonchev–Trinajstić information content (AvgIpc) is 2.51. The molecule has 2 N–H and O–H groups in total. The maximum atomic E-state index is 5.71. The molecule has 0 aliphatic carbocycles. The van der Waals surface area contributed by atoms with Gasteiger partial charge in [-0.3, -0.25) is 0 Å². The summed E-state index contributed by atoms with van der Waals surface area (Å²) in [6.07, 6.45) is 3.28. The van der Waals surface area contributed by atoms with E-state index in [0.29, 0.717) is 11.4 Å². The molecule has 1 aromatic carbocycles. The Morgan fingerprint density at radius 2 is 1.95 bits per heavy atom. The molecule has 3 rings (SSSR count). The van der Waals surface area contributed by atoms with Crippen molar-refractivity contribution in [2.45, 2.75) is 6.10 Å². The van der Waals surface area contributed by atoms with Crippen LogP contribution in [-0.4, -0.2) is 37.5 Å². The van der Waals surface area contributed by atoms with Crippen LogP contribution in [0.3, 0.4) is 0 Å². The maximum Gasteiger partial charge on any atom is 0.227 e. The molecule has 1 atom stereocenters. The predicted octanol–water partition coefficient (Wildman–Crippen LogP) is 0.675. The van der Waals surface area contributed by atoms with Gasteiger partial charge in [-0.1, -0.05) is 17.6 Å². The first-order valence-corrected chi connectivity index (χ1v) is 6.58. The van der Waals surface area contributed by atoms with E-state index in [9.17, 15) is 0 Å². The molecule has 0 saturated carbocycles. The number of anilines is 2. The number of nitrogens with zero attached hydrogens (tertiary/aromatic N) is 2. The molecule has 1 aromatic heterocycles. The molecule has 1 aliphatic heterocycles. The smallest absolute Gasteiger partial charge is 0.227 e. The van der Waals surface area contributed by atoms with Crippen molar-refractivity contribution in [3.63, 3.8) is 0 Å². The highest BCUT2D eigenvalue weighted by Gasteiger charge is 2.15. The van der Waals surface area contributed by atoms with Gasteiger partial charge in [-0.05, 0) is 17.7 Å². The van der Waals surface area contributed by atoms with Crippen LogP contribution in [0.25, 0.3) is 0 Å². The van der Waals surface area contributed by atoms with Crippen LogP contribution in [0.5, 0.6) is 0 Å². The predicted molar refractivity (Wildman–Crippen MR) is 78.7 cm³/mol. The molecular formula is C14H15BN4O. The second-order valence-corrected chi connectivity index (χ2v) is 4.65. The van der Waals surface area contributed by atoms with Crippen molar-refractivity contribution < 1.29 is 4.74 Å². The van der Waals surface area contributed by atoms with E-state index in [0.717, 1.165) is 25.4 Å². The zero-order valence-corrected chi connectivity index (χ0v) is 11.0. The Kier molecular flexibility index (Phi) is 3.94. The van der Waals surface area contributed by atoms with Gasteiger partial charge in [0.1, 0.15) is 7.85 Å². The van der Waals surface area contributed by atoms with Gasteiger partial charge in [-0.15, -0.1) is 0 Å². The van der Waals surface area contributed by atoms with Crippen molar-refractivity contribution in [2.75, 3.05) is 25.0 Å². The lowest BCUT2D eigenvalue weighted by molar-refractivity contribution is 0.0277. The first-order chi connectivity index (χ1) is 9.81. The van der Waals surface area contributed by atoms with E-state index >= 15 is 0 Å². The zero-order chi connectivity index (χ0) is 13.8. The molecule has 1 fully saturated rings. The Morgan fingerprint density at radius 3 is 2.60 bits per heavy atom. The number of ether oxygens (including phenoxy) is 1. The third kappa shape index (κ3) is 3.15. The van der Waals surface area contributed by atoms with Gasteiger partial charge in [0.25, 0.3) is 0 Å². The Morgan fingerprint density at radius 1 is 1.20 bits per heavy atom. The molecule has 20 heavy (non-hydrogen) atoms. The summed E-state index contributed by atoms with van der Waals surface area (Å²) >= 11 is 0. The van der Waals surface area contributed by atoms with Crippen molar-refractivity contribution in [1.29, 1.82) is 0 Å². The van der Waals surface area contributed by atoms with E-state index in [4.69, 9.17) is 12.6 Å². The van der Waals surface area contributed by atoms with Gasteiger partial charge < -0.3 is 15.4 Å². The van der Waals surface area contributed by atoms with E-state index in [1.165, 1.54) is 5.56 Å². The maximum absolute atomic E-state index is 5.71. The Bertz CT molecular complexity index is 552. The van der Waals surface area contributed by atoms with E-state index < -0.39 is 0 Å². The van der Waals surface area contributed by atoms with Crippen LogP contribution in [0.15, 0.2) is 36.7 Å². The molecule has 5 nitrogen and oxygen atoms in total. The molecule has 1 aliphatic rings. The lowest BCUT2D eigenvalue weighted by Gasteiger charge is -2.24. The fraction of sp³-hybridized carbons (Fsp3) is 0.286. The number of benzene rings is 1. The largest absolute Gasteiger partial charge is 0.371 e. The Balaban J connectivity index is 1.67. The molecule has 2 aromatic rings. The number of aromatic nitrogens is 2.